The highest BCUT2D eigenvalue weighted by molar-refractivity contribution is 6.30. The minimum absolute atomic E-state index is 0.0100. The fourth-order valence-corrected chi connectivity index (χ4v) is 6.32. The number of halogens is 1. The first-order chi connectivity index (χ1) is 18.9. The summed E-state index contributed by atoms with van der Waals surface area (Å²) in [6.45, 7) is 10.0. The highest BCUT2D eigenvalue weighted by atomic mass is 35.5. The van der Waals surface area contributed by atoms with Gasteiger partial charge in [0.15, 0.2) is 0 Å². The van der Waals surface area contributed by atoms with E-state index >= 15 is 0 Å². The first-order valence-corrected chi connectivity index (χ1v) is 14.8. The lowest BCUT2D eigenvalue weighted by molar-refractivity contribution is 0.117. The number of aliphatic imine (C=N–C) groups is 1. The van der Waals surface area contributed by atoms with E-state index in [1.165, 1.54) is 25.9 Å². The van der Waals surface area contributed by atoms with Crippen molar-refractivity contribution in [1.82, 2.24) is 14.7 Å². The highest BCUT2D eigenvalue weighted by Crippen LogP contribution is 2.40. The Balaban J connectivity index is 1.51. The predicted octanol–water partition coefficient (Wildman–Crippen LogP) is 6.40. The van der Waals surface area contributed by atoms with Gasteiger partial charge in [-0.2, -0.15) is 0 Å². The minimum atomic E-state index is -0.222. The summed E-state index contributed by atoms with van der Waals surface area (Å²) < 4.78 is 11.7. The molecule has 0 aromatic heterocycles. The molecule has 39 heavy (non-hydrogen) atoms. The Labute approximate surface area is 237 Å². The summed E-state index contributed by atoms with van der Waals surface area (Å²) >= 11 is 6.25. The predicted molar refractivity (Wildman–Crippen MR) is 156 cm³/mol. The maximum Gasteiger partial charge on any atom is 0.326 e. The molecule has 3 aliphatic rings. The van der Waals surface area contributed by atoms with Crippen LogP contribution in [0, 0.1) is 0 Å². The summed E-state index contributed by atoms with van der Waals surface area (Å²) in [5, 5.41) is 0.676. The number of amides is 2. The Bertz CT molecular complexity index is 1170. The van der Waals surface area contributed by atoms with Gasteiger partial charge < -0.3 is 19.3 Å². The summed E-state index contributed by atoms with van der Waals surface area (Å²) in [6, 6.07) is 13.9. The molecule has 3 heterocycles. The van der Waals surface area contributed by atoms with Crippen molar-refractivity contribution in [2.45, 2.75) is 77.1 Å². The van der Waals surface area contributed by atoms with Crippen LogP contribution in [0.15, 0.2) is 47.5 Å². The van der Waals surface area contributed by atoms with Crippen LogP contribution in [-0.4, -0.2) is 78.0 Å². The van der Waals surface area contributed by atoms with Gasteiger partial charge >= 0.3 is 6.03 Å². The monoisotopic (exact) mass is 552 g/mol. The topological polar surface area (TPSA) is 57.6 Å². The molecule has 2 fully saturated rings. The third kappa shape index (κ3) is 5.90. The van der Waals surface area contributed by atoms with E-state index in [1.807, 2.05) is 66.1 Å². The second kappa shape index (κ2) is 12.2. The molecule has 7 nitrogen and oxygen atoms in total. The largest absolute Gasteiger partial charge is 0.497 e. The van der Waals surface area contributed by atoms with Crippen molar-refractivity contribution in [3.63, 3.8) is 0 Å². The number of methoxy groups -OCH3 is 1. The molecule has 210 valence electrons. The fraction of sp³-hybridized carbons (Fsp3) is 0.548. The summed E-state index contributed by atoms with van der Waals surface area (Å²) in [5.41, 5.74) is 1.84. The summed E-state index contributed by atoms with van der Waals surface area (Å²) in [4.78, 5) is 26.2. The Hall–Kier alpha value is -2.77. The molecule has 3 aliphatic heterocycles. The van der Waals surface area contributed by atoms with E-state index in [4.69, 9.17) is 26.1 Å². The van der Waals surface area contributed by atoms with E-state index in [-0.39, 0.29) is 24.2 Å². The van der Waals surface area contributed by atoms with Crippen LogP contribution in [0.4, 0.5) is 4.79 Å². The van der Waals surface area contributed by atoms with Crippen molar-refractivity contribution < 1.29 is 14.3 Å². The van der Waals surface area contributed by atoms with Gasteiger partial charge in [0.1, 0.15) is 17.3 Å². The zero-order valence-electron chi connectivity index (χ0n) is 23.6. The average molecular weight is 553 g/mol. The molecule has 2 amide bonds. The zero-order chi connectivity index (χ0) is 27.5. The van der Waals surface area contributed by atoms with Crippen molar-refractivity contribution in [3.05, 3.63) is 58.6 Å². The van der Waals surface area contributed by atoms with E-state index in [1.54, 1.807) is 7.11 Å². The number of hydrogen-bond donors (Lipinski definition) is 0. The number of nitrogens with zero attached hydrogens (tertiary/aromatic N) is 4. The average Bonchev–Trinajstić information content (AvgIpc) is 3.61. The van der Waals surface area contributed by atoms with Gasteiger partial charge in [-0.05, 0) is 88.9 Å². The van der Waals surface area contributed by atoms with Crippen LogP contribution in [0.3, 0.4) is 0 Å². The van der Waals surface area contributed by atoms with E-state index in [0.717, 1.165) is 43.5 Å². The third-order valence-corrected chi connectivity index (χ3v) is 8.43. The van der Waals surface area contributed by atoms with Gasteiger partial charge in [-0.3, -0.25) is 9.89 Å². The lowest BCUT2D eigenvalue weighted by atomic mass is 9.97. The second-order valence-electron chi connectivity index (χ2n) is 11.1. The molecule has 0 spiro atoms. The molecule has 8 heteroatoms. The van der Waals surface area contributed by atoms with Gasteiger partial charge in [-0.25, -0.2) is 4.79 Å². The van der Waals surface area contributed by atoms with E-state index in [0.29, 0.717) is 28.4 Å². The Morgan fingerprint density at radius 3 is 2.36 bits per heavy atom. The van der Waals surface area contributed by atoms with Crippen molar-refractivity contribution in [3.8, 4) is 11.5 Å². The molecule has 2 aromatic carbocycles. The lowest BCUT2D eigenvalue weighted by Crippen LogP contribution is -2.52. The van der Waals surface area contributed by atoms with Gasteiger partial charge in [0.25, 0.3) is 0 Å². The van der Waals surface area contributed by atoms with Gasteiger partial charge in [0.05, 0.1) is 30.9 Å². The molecule has 1 unspecified atom stereocenters. The summed E-state index contributed by atoms with van der Waals surface area (Å²) in [6.07, 6.45) is 5.36. The normalized spacial score (nSPS) is 22.5. The minimum Gasteiger partial charge on any atom is -0.497 e. The molecule has 0 saturated carbocycles. The molecule has 0 aliphatic carbocycles. The zero-order valence-corrected chi connectivity index (χ0v) is 24.4. The van der Waals surface area contributed by atoms with Gasteiger partial charge in [-0.15, -0.1) is 0 Å². The van der Waals surface area contributed by atoms with Crippen LogP contribution in [0.5, 0.6) is 11.5 Å². The van der Waals surface area contributed by atoms with Crippen molar-refractivity contribution in [2.24, 2.45) is 4.99 Å². The maximum atomic E-state index is 14.4. The number of hydrogen-bond acceptors (Lipinski definition) is 5. The van der Waals surface area contributed by atoms with Crippen molar-refractivity contribution >= 4 is 23.5 Å². The number of amidine groups is 1. The Kier molecular flexibility index (Phi) is 8.67. The number of carbonyl (C=O) groups is 1. The number of urea groups is 1. The molecule has 0 bridgehead atoms. The SMILES string of the molecule is CCC1N=C(c2ccc(OC)cc2OC(C)C)N(C(=O)N2CCC(N3CCCC3)CC2)[C@H]1c1ccc(Cl)cc1. The van der Waals surface area contributed by atoms with E-state index in [9.17, 15) is 4.79 Å². The van der Waals surface area contributed by atoms with E-state index in [2.05, 4.69) is 11.8 Å². The number of ether oxygens (including phenoxy) is 2. The summed E-state index contributed by atoms with van der Waals surface area (Å²) in [5.74, 6) is 2.03. The van der Waals surface area contributed by atoms with Crippen LogP contribution in [0.1, 0.15) is 70.0 Å². The van der Waals surface area contributed by atoms with E-state index < -0.39 is 0 Å². The highest BCUT2D eigenvalue weighted by Gasteiger charge is 2.44. The van der Waals surface area contributed by atoms with Crippen LogP contribution in [0.25, 0.3) is 0 Å². The molecule has 0 radical (unpaired) electrons. The number of piperidine rings is 1. The van der Waals surface area contributed by atoms with Crippen LogP contribution in [0.2, 0.25) is 5.02 Å². The second-order valence-corrected chi connectivity index (χ2v) is 11.5. The number of carbonyl (C=O) groups excluding carboxylic acids is 1. The molecule has 0 N–H and O–H groups in total. The van der Waals surface area contributed by atoms with Crippen LogP contribution in [-0.2, 0) is 0 Å². The van der Waals surface area contributed by atoms with Crippen molar-refractivity contribution in [1.29, 1.82) is 0 Å². The molecule has 2 saturated heterocycles. The third-order valence-electron chi connectivity index (χ3n) is 8.18. The molecular weight excluding hydrogens is 512 g/mol. The maximum absolute atomic E-state index is 14.4. The van der Waals surface area contributed by atoms with Crippen LogP contribution >= 0.6 is 11.6 Å². The number of likely N-dealkylation sites (tertiary alicyclic amines) is 2. The Morgan fingerprint density at radius 2 is 1.74 bits per heavy atom. The van der Waals surface area contributed by atoms with Gasteiger partial charge in [0.2, 0.25) is 0 Å². The lowest BCUT2D eigenvalue weighted by Gasteiger charge is -2.40. The number of benzene rings is 2. The molecule has 2 atom stereocenters. The standard InChI is InChI=1S/C31H41ClN4O3/c1-5-27-29(22-8-10-23(32)11-9-22)36(31(37)35-18-14-24(15-19-35)34-16-6-7-17-34)30(33-27)26-13-12-25(38-4)20-28(26)39-21(2)3/h8-13,20-21,24,27,29H,5-7,14-19H2,1-4H3/t27?,29-/m0/s1. The summed E-state index contributed by atoms with van der Waals surface area (Å²) in [7, 11) is 1.65. The smallest absolute Gasteiger partial charge is 0.326 e. The van der Waals surface area contributed by atoms with Gasteiger partial charge in [0, 0.05) is 30.2 Å². The van der Waals surface area contributed by atoms with Gasteiger partial charge in [-0.1, -0.05) is 30.7 Å². The quantitative estimate of drug-likeness (QED) is 0.399. The number of rotatable bonds is 7. The van der Waals surface area contributed by atoms with Crippen molar-refractivity contribution in [2.75, 3.05) is 33.3 Å². The fourth-order valence-electron chi connectivity index (χ4n) is 6.20. The molecule has 2 aromatic rings. The molecular formula is C31H41ClN4O3. The first-order valence-electron chi connectivity index (χ1n) is 14.4. The Morgan fingerprint density at radius 1 is 1.05 bits per heavy atom. The first kappa shape index (κ1) is 27.8. The molecule has 5 rings (SSSR count). The van der Waals surface area contributed by atoms with Crippen LogP contribution < -0.4 is 9.47 Å².